The predicted octanol–water partition coefficient (Wildman–Crippen LogP) is 1.98. The van der Waals surface area contributed by atoms with E-state index in [4.69, 9.17) is 17.4 Å². The molecule has 4 nitrogen and oxygen atoms in total. The second-order valence-corrected chi connectivity index (χ2v) is 3.39. The molecule has 1 aromatic carbocycles. The number of aliphatic imine (C=N–C) groups is 1. The minimum atomic E-state index is 0.518. The fourth-order valence-electron chi connectivity index (χ4n) is 1.04. The SMILES string of the molecule is CCCN=C(NN)Nc1ccccc1Cl. The van der Waals surface area contributed by atoms with Gasteiger partial charge in [-0.2, -0.15) is 0 Å². The first kappa shape index (κ1) is 11.8. The Bertz CT molecular complexity index is 338. The number of nitrogens with one attached hydrogen (secondary N) is 2. The lowest BCUT2D eigenvalue weighted by Gasteiger charge is -2.09. The minimum Gasteiger partial charge on any atom is -0.324 e. The smallest absolute Gasteiger partial charge is 0.210 e. The average Bonchev–Trinajstić information content (AvgIpc) is 2.26. The zero-order chi connectivity index (χ0) is 11.1. The first-order valence-electron chi connectivity index (χ1n) is 4.80. The second-order valence-electron chi connectivity index (χ2n) is 2.98. The quantitative estimate of drug-likeness (QED) is 0.320. The number of guanidine groups is 1. The lowest BCUT2D eigenvalue weighted by molar-refractivity contribution is 0.905. The Morgan fingerprint density at radius 2 is 2.20 bits per heavy atom. The number of para-hydroxylation sites is 1. The van der Waals surface area contributed by atoms with E-state index in [2.05, 4.69) is 15.7 Å². The molecular weight excluding hydrogens is 212 g/mol. The van der Waals surface area contributed by atoms with E-state index in [1.807, 2.05) is 25.1 Å². The second kappa shape index (κ2) is 6.27. The molecule has 15 heavy (non-hydrogen) atoms. The van der Waals surface area contributed by atoms with Crippen molar-refractivity contribution in [2.75, 3.05) is 11.9 Å². The highest BCUT2D eigenvalue weighted by atomic mass is 35.5. The number of hydrazine groups is 1. The molecule has 0 saturated heterocycles. The number of rotatable bonds is 3. The maximum absolute atomic E-state index is 5.97. The lowest BCUT2D eigenvalue weighted by Crippen LogP contribution is -2.36. The number of nitrogens with two attached hydrogens (primary N) is 1. The van der Waals surface area contributed by atoms with Crippen LogP contribution in [-0.2, 0) is 0 Å². The third kappa shape index (κ3) is 3.77. The van der Waals surface area contributed by atoms with E-state index >= 15 is 0 Å². The van der Waals surface area contributed by atoms with E-state index in [9.17, 15) is 0 Å². The van der Waals surface area contributed by atoms with Crippen LogP contribution in [0.25, 0.3) is 0 Å². The van der Waals surface area contributed by atoms with Gasteiger partial charge in [-0.1, -0.05) is 30.7 Å². The number of benzene rings is 1. The molecule has 0 aromatic heterocycles. The molecule has 5 heteroatoms. The van der Waals surface area contributed by atoms with Gasteiger partial charge in [0, 0.05) is 6.54 Å². The van der Waals surface area contributed by atoms with E-state index < -0.39 is 0 Å². The molecule has 82 valence electrons. The van der Waals surface area contributed by atoms with Gasteiger partial charge in [0.15, 0.2) is 0 Å². The molecule has 4 N–H and O–H groups in total. The Morgan fingerprint density at radius 3 is 2.80 bits per heavy atom. The molecule has 0 spiro atoms. The maximum atomic E-state index is 5.97. The molecule has 1 rings (SSSR count). The average molecular weight is 227 g/mol. The number of nitrogens with zero attached hydrogens (tertiary/aromatic N) is 1. The Labute approximate surface area is 94.5 Å². The number of hydrogen-bond donors (Lipinski definition) is 3. The summed E-state index contributed by atoms with van der Waals surface area (Å²) in [5.74, 6) is 5.84. The Hall–Kier alpha value is -1.26. The molecule has 1 aromatic rings. The van der Waals surface area contributed by atoms with Crippen molar-refractivity contribution < 1.29 is 0 Å². The molecule has 0 heterocycles. The molecule has 0 fully saturated rings. The highest BCUT2D eigenvalue weighted by molar-refractivity contribution is 6.33. The molecule has 0 aliphatic rings. The minimum absolute atomic E-state index is 0.518. The number of hydrogen-bond acceptors (Lipinski definition) is 2. The van der Waals surface area contributed by atoms with Crippen molar-refractivity contribution in [2.24, 2.45) is 10.8 Å². The number of halogens is 1. The van der Waals surface area contributed by atoms with Gasteiger partial charge in [0.25, 0.3) is 0 Å². The van der Waals surface area contributed by atoms with E-state index in [1.54, 1.807) is 6.07 Å². The summed E-state index contributed by atoms with van der Waals surface area (Å²) in [6.07, 6.45) is 0.968. The van der Waals surface area contributed by atoms with Crippen LogP contribution in [0.3, 0.4) is 0 Å². The summed E-state index contributed by atoms with van der Waals surface area (Å²) < 4.78 is 0. The van der Waals surface area contributed by atoms with E-state index in [1.165, 1.54) is 0 Å². The van der Waals surface area contributed by atoms with E-state index in [0.29, 0.717) is 11.0 Å². The standard InChI is InChI=1S/C10H15ClN4/c1-2-7-13-10(15-12)14-9-6-4-3-5-8(9)11/h3-6H,2,7,12H2,1H3,(H2,13,14,15). The highest BCUT2D eigenvalue weighted by Crippen LogP contribution is 2.19. The summed E-state index contributed by atoms with van der Waals surface area (Å²) in [6, 6.07) is 7.42. The zero-order valence-electron chi connectivity index (χ0n) is 8.63. The van der Waals surface area contributed by atoms with Gasteiger partial charge in [0.05, 0.1) is 10.7 Å². The highest BCUT2D eigenvalue weighted by Gasteiger charge is 2.00. The van der Waals surface area contributed by atoms with Crippen LogP contribution < -0.4 is 16.6 Å². The van der Waals surface area contributed by atoms with Crippen molar-refractivity contribution in [1.82, 2.24) is 5.43 Å². The summed E-state index contributed by atoms with van der Waals surface area (Å²) in [4.78, 5) is 4.21. The van der Waals surface area contributed by atoms with Gasteiger partial charge in [-0.25, -0.2) is 5.84 Å². The normalized spacial score (nSPS) is 11.3. The van der Waals surface area contributed by atoms with Crippen molar-refractivity contribution in [2.45, 2.75) is 13.3 Å². The Morgan fingerprint density at radius 1 is 1.47 bits per heavy atom. The first-order chi connectivity index (χ1) is 7.27. The van der Waals surface area contributed by atoms with Gasteiger partial charge >= 0.3 is 0 Å². The van der Waals surface area contributed by atoms with E-state index in [0.717, 1.165) is 18.7 Å². The van der Waals surface area contributed by atoms with Crippen molar-refractivity contribution in [3.8, 4) is 0 Å². The predicted molar refractivity (Wildman–Crippen MR) is 65.0 cm³/mol. The van der Waals surface area contributed by atoms with Gasteiger partial charge in [0.2, 0.25) is 5.96 Å². The summed E-state index contributed by atoms with van der Waals surface area (Å²) in [5.41, 5.74) is 3.28. The molecule has 0 unspecified atom stereocenters. The Kier molecular flexibility index (Phi) is 4.93. The van der Waals surface area contributed by atoms with Gasteiger partial charge in [-0.3, -0.25) is 10.4 Å². The monoisotopic (exact) mass is 226 g/mol. The molecule has 0 atom stereocenters. The van der Waals surface area contributed by atoms with Crippen molar-refractivity contribution in [3.63, 3.8) is 0 Å². The summed E-state index contributed by atoms with van der Waals surface area (Å²) >= 11 is 5.97. The van der Waals surface area contributed by atoms with Gasteiger partial charge < -0.3 is 5.32 Å². The third-order valence-electron chi connectivity index (χ3n) is 1.76. The molecule has 0 saturated carbocycles. The summed E-state index contributed by atoms with van der Waals surface area (Å²) in [5, 5.41) is 3.65. The van der Waals surface area contributed by atoms with Crippen LogP contribution in [0.1, 0.15) is 13.3 Å². The van der Waals surface area contributed by atoms with Gasteiger partial charge in [0.1, 0.15) is 0 Å². The first-order valence-corrected chi connectivity index (χ1v) is 5.18. The van der Waals surface area contributed by atoms with E-state index in [-0.39, 0.29) is 0 Å². The molecular formula is C10H15ClN4. The summed E-state index contributed by atoms with van der Waals surface area (Å²) in [6.45, 7) is 2.77. The Balaban J connectivity index is 2.71. The molecule has 0 aliphatic heterocycles. The molecule has 0 bridgehead atoms. The fraction of sp³-hybridized carbons (Fsp3) is 0.300. The van der Waals surface area contributed by atoms with Crippen LogP contribution in [0.2, 0.25) is 5.02 Å². The third-order valence-corrected chi connectivity index (χ3v) is 2.09. The van der Waals surface area contributed by atoms with Crippen molar-refractivity contribution >= 4 is 23.2 Å². The molecule has 0 amide bonds. The largest absolute Gasteiger partial charge is 0.324 e. The topological polar surface area (TPSA) is 62.4 Å². The van der Waals surface area contributed by atoms with Crippen LogP contribution in [0, 0.1) is 0 Å². The van der Waals surface area contributed by atoms with Crippen LogP contribution in [-0.4, -0.2) is 12.5 Å². The fourth-order valence-corrected chi connectivity index (χ4v) is 1.22. The zero-order valence-corrected chi connectivity index (χ0v) is 9.38. The van der Waals surface area contributed by atoms with Crippen LogP contribution in [0.15, 0.2) is 29.3 Å². The molecule has 0 radical (unpaired) electrons. The number of anilines is 1. The van der Waals surface area contributed by atoms with Crippen LogP contribution >= 0.6 is 11.6 Å². The van der Waals surface area contributed by atoms with Crippen molar-refractivity contribution in [3.05, 3.63) is 29.3 Å². The maximum Gasteiger partial charge on any atom is 0.210 e. The lowest BCUT2D eigenvalue weighted by atomic mass is 10.3. The van der Waals surface area contributed by atoms with Gasteiger partial charge in [-0.15, -0.1) is 0 Å². The molecule has 0 aliphatic carbocycles. The van der Waals surface area contributed by atoms with Gasteiger partial charge in [-0.05, 0) is 18.6 Å². The van der Waals surface area contributed by atoms with Crippen LogP contribution in [0.4, 0.5) is 5.69 Å². The van der Waals surface area contributed by atoms with Crippen LogP contribution in [0.5, 0.6) is 0 Å². The summed E-state index contributed by atoms with van der Waals surface area (Å²) in [7, 11) is 0. The van der Waals surface area contributed by atoms with Crippen molar-refractivity contribution in [1.29, 1.82) is 0 Å².